The molecule has 3 rings (SSSR count). The van der Waals surface area contributed by atoms with Crippen molar-refractivity contribution in [1.82, 2.24) is 19.6 Å². The number of hydrogen-bond donors (Lipinski definition) is 1. The first-order valence-electron chi connectivity index (χ1n) is 6.39. The van der Waals surface area contributed by atoms with E-state index in [0.29, 0.717) is 15.8 Å². The van der Waals surface area contributed by atoms with Gasteiger partial charge in [0, 0.05) is 12.4 Å². The van der Waals surface area contributed by atoms with Gasteiger partial charge in [-0.2, -0.15) is 0 Å². The Labute approximate surface area is 129 Å². The topological polar surface area (TPSA) is 72.2 Å². The number of carbonyl (C=O) groups excluding carboxylic acids is 1. The Hall–Kier alpha value is -1.99. The molecule has 3 aromatic rings. The Kier molecular flexibility index (Phi) is 3.85. The molecule has 0 unspecified atom stereocenters. The standard InChI is InChI=1S/C13H12ClN5OS/c1-2-12-17-18-13(21-12)16-11(20)5-9-7-19-6-8(14)3-4-10(19)15-9/h3-4,6-7H,2,5H2,1H3,(H,16,18,20). The maximum absolute atomic E-state index is 12.0. The molecule has 0 aromatic carbocycles. The van der Waals surface area contributed by atoms with E-state index in [1.807, 2.05) is 13.0 Å². The molecule has 1 N–H and O–H groups in total. The SMILES string of the molecule is CCc1nnc(NC(=O)Cc2cn3cc(Cl)ccc3n2)s1. The van der Waals surface area contributed by atoms with Gasteiger partial charge in [0.2, 0.25) is 11.0 Å². The summed E-state index contributed by atoms with van der Waals surface area (Å²) in [6.07, 6.45) is 4.53. The molecule has 3 aromatic heterocycles. The van der Waals surface area contributed by atoms with Crippen LogP contribution >= 0.6 is 22.9 Å². The molecule has 0 saturated carbocycles. The van der Waals surface area contributed by atoms with E-state index in [1.54, 1.807) is 22.9 Å². The highest BCUT2D eigenvalue weighted by Gasteiger charge is 2.10. The van der Waals surface area contributed by atoms with Crippen LogP contribution in [0.3, 0.4) is 0 Å². The summed E-state index contributed by atoms with van der Waals surface area (Å²) in [5.41, 5.74) is 1.43. The molecular formula is C13H12ClN5OS. The summed E-state index contributed by atoms with van der Waals surface area (Å²) >= 11 is 7.30. The van der Waals surface area contributed by atoms with Crippen molar-refractivity contribution in [3.05, 3.63) is 40.3 Å². The summed E-state index contributed by atoms with van der Waals surface area (Å²) in [5.74, 6) is -0.164. The molecule has 0 spiro atoms. The van der Waals surface area contributed by atoms with Gasteiger partial charge in [-0.3, -0.25) is 4.79 Å². The zero-order valence-corrected chi connectivity index (χ0v) is 12.8. The Morgan fingerprint density at radius 3 is 3.00 bits per heavy atom. The number of nitrogens with one attached hydrogen (secondary N) is 1. The average Bonchev–Trinajstić information content (AvgIpc) is 3.04. The summed E-state index contributed by atoms with van der Waals surface area (Å²) in [4.78, 5) is 16.3. The van der Waals surface area contributed by atoms with Crippen molar-refractivity contribution in [3.8, 4) is 0 Å². The van der Waals surface area contributed by atoms with Crippen LogP contribution in [0.2, 0.25) is 5.02 Å². The van der Waals surface area contributed by atoms with E-state index in [2.05, 4.69) is 20.5 Å². The number of fused-ring (bicyclic) bond motifs is 1. The molecular weight excluding hydrogens is 310 g/mol. The Morgan fingerprint density at radius 1 is 1.38 bits per heavy atom. The first kappa shape index (κ1) is 14.0. The van der Waals surface area contributed by atoms with E-state index < -0.39 is 0 Å². The summed E-state index contributed by atoms with van der Waals surface area (Å²) in [5, 5.41) is 12.6. The lowest BCUT2D eigenvalue weighted by molar-refractivity contribution is -0.115. The highest BCUT2D eigenvalue weighted by molar-refractivity contribution is 7.15. The molecule has 0 aliphatic rings. The molecule has 6 nitrogen and oxygen atoms in total. The monoisotopic (exact) mass is 321 g/mol. The summed E-state index contributed by atoms with van der Waals surface area (Å²) in [6.45, 7) is 1.99. The van der Waals surface area contributed by atoms with E-state index >= 15 is 0 Å². The molecule has 0 saturated heterocycles. The molecule has 0 aliphatic heterocycles. The highest BCUT2D eigenvalue weighted by atomic mass is 35.5. The molecule has 108 valence electrons. The zero-order chi connectivity index (χ0) is 14.8. The number of rotatable bonds is 4. The van der Waals surface area contributed by atoms with Crippen LogP contribution in [-0.2, 0) is 17.6 Å². The van der Waals surface area contributed by atoms with Crippen LogP contribution in [0.25, 0.3) is 5.65 Å². The van der Waals surface area contributed by atoms with E-state index in [9.17, 15) is 4.79 Å². The number of hydrogen-bond acceptors (Lipinski definition) is 5. The number of carbonyl (C=O) groups is 1. The Bertz CT molecular complexity index is 797. The summed E-state index contributed by atoms with van der Waals surface area (Å²) in [7, 11) is 0. The first-order valence-corrected chi connectivity index (χ1v) is 7.59. The largest absolute Gasteiger partial charge is 0.305 e. The maximum atomic E-state index is 12.0. The lowest BCUT2D eigenvalue weighted by Crippen LogP contribution is -2.14. The fraction of sp³-hybridized carbons (Fsp3) is 0.231. The summed E-state index contributed by atoms with van der Waals surface area (Å²) < 4.78 is 1.80. The molecule has 21 heavy (non-hydrogen) atoms. The third-order valence-corrected chi connectivity index (χ3v) is 4.03. The number of halogens is 1. The van der Waals surface area contributed by atoms with Crippen molar-refractivity contribution < 1.29 is 4.79 Å². The zero-order valence-electron chi connectivity index (χ0n) is 11.2. The van der Waals surface area contributed by atoms with Gasteiger partial charge >= 0.3 is 0 Å². The van der Waals surface area contributed by atoms with Crippen LogP contribution < -0.4 is 5.32 Å². The molecule has 0 bridgehead atoms. The van der Waals surface area contributed by atoms with Gasteiger partial charge in [0.1, 0.15) is 10.7 Å². The lowest BCUT2D eigenvalue weighted by Gasteiger charge is -1.97. The smallest absolute Gasteiger partial charge is 0.232 e. The van der Waals surface area contributed by atoms with Gasteiger partial charge in [-0.25, -0.2) is 4.98 Å². The fourth-order valence-corrected chi connectivity index (χ4v) is 2.74. The molecule has 0 fully saturated rings. The van der Waals surface area contributed by atoms with Gasteiger partial charge in [0.15, 0.2) is 0 Å². The number of aryl methyl sites for hydroxylation is 1. The van der Waals surface area contributed by atoms with Crippen molar-refractivity contribution in [2.24, 2.45) is 0 Å². The molecule has 8 heteroatoms. The third kappa shape index (κ3) is 3.20. The number of nitrogens with zero attached hydrogens (tertiary/aromatic N) is 4. The van der Waals surface area contributed by atoms with Crippen molar-refractivity contribution in [3.63, 3.8) is 0 Å². The van der Waals surface area contributed by atoms with E-state index in [1.165, 1.54) is 11.3 Å². The van der Waals surface area contributed by atoms with Crippen molar-refractivity contribution in [1.29, 1.82) is 0 Å². The van der Waals surface area contributed by atoms with Gasteiger partial charge in [-0.15, -0.1) is 10.2 Å². The van der Waals surface area contributed by atoms with Gasteiger partial charge in [0.25, 0.3) is 0 Å². The second-order valence-corrected chi connectivity index (χ2v) is 5.92. The number of amides is 1. The minimum Gasteiger partial charge on any atom is -0.305 e. The number of anilines is 1. The molecule has 3 heterocycles. The van der Waals surface area contributed by atoms with Crippen molar-refractivity contribution in [2.75, 3.05) is 5.32 Å². The number of pyridine rings is 1. The van der Waals surface area contributed by atoms with Gasteiger partial charge in [-0.1, -0.05) is 29.9 Å². The number of imidazole rings is 1. The van der Waals surface area contributed by atoms with Crippen molar-refractivity contribution >= 4 is 39.6 Å². The summed E-state index contributed by atoms with van der Waals surface area (Å²) in [6, 6.07) is 3.57. The van der Waals surface area contributed by atoms with Gasteiger partial charge in [-0.05, 0) is 18.6 Å². The molecule has 0 aliphatic carbocycles. The van der Waals surface area contributed by atoms with Gasteiger partial charge in [0.05, 0.1) is 17.1 Å². The minimum atomic E-state index is -0.164. The molecule has 1 amide bonds. The van der Waals surface area contributed by atoms with Crippen LogP contribution in [0.1, 0.15) is 17.6 Å². The molecule has 0 radical (unpaired) electrons. The molecule has 0 atom stereocenters. The highest BCUT2D eigenvalue weighted by Crippen LogP contribution is 2.16. The first-order chi connectivity index (χ1) is 10.1. The second-order valence-electron chi connectivity index (χ2n) is 4.42. The van der Waals surface area contributed by atoms with Crippen LogP contribution in [0.15, 0.2) is 24.5 Å². The quantitative estimate of drug-likeness (QED) is 0.801. The predicted molar refractivity (Wildman–Crippen MR) is 81.8 cm³/mol. The van der Waals surface area contributed by atoms with Crippen LogP contribution in [-0.4, -0.2) is 25.5 Å². The van der Waals surface area contributed by atoms with E-state index in [0.717, 1.165) is 17.1 Å². The van der Waals surface area contributed by atoms with Crippen LogP contribution in [0.4, 0.5) is 5.13 Å². The van der Waals surface area contributed by atoms with Crippen molar-refractivity contribution in [2.45, 2.75) is 19.8 Å². The van der Waals surface area contributed by atoms with Gasteiger partial charge < -0.3 is 9.72 Å². The number of aromatic nitrogens is 4. The third-order valence-electron chi connectivity index (χ3n) is 2.82. The second kappa shape index (κ2) is 5.79. The average molecular weight is 322 g/mol. The van der Waals surface area contributed by atoms with Crippen LogP contribution in [0, 0.1) is 0 Å². The van der Waals surface area contributed by atoms with E-state index in [-0.39, 0.29) is 12.3 Å². The lowest BCUT2D eigenvalue weighted by atomic mass is 10.3. The maximum Gasteiger partial charge on any atom is 0.232 e. The van der Waals surface area contributed by atoms with Crippen LogP contribution in [0.5, 0.6) is 0 Å². The Balaban J connectivity index is 1.70. The van der Waals surface area contributed by atoms with E-state index in [4.69, 9.17) is 11.6 Å². The minimum absolute atomic E-state index is 0.164. The predicted octanol–water partition coefficient (Wildman–Crippen LogP) is 2.58. The normalized spacial score (nSPS) is 11.0. The fourth-order valence-electron chi connectivity index (χ4n) is 1.88. The Morgan fingerprint density at radius 2 is 2.24 bits per heavy atom.